The molecule has 0 radical (unpaired) electrons. The molecule has 1 aromatic carbocycles. The summed E-state index contributed by atoms with van der Waals surface area (Å²) in [4.78, 5) is 10.4. The first-order valence-corrected chi connectivity index (χ1v) is 17.2. The van der Waals surface area contributed by atoms with Gasteiger partial charge in [-0.05, 0) is 151 Å². The number of aromatic nitrogens is 4. The van der Waals surface area contributed by atoms with E-state index >= 15 is 0 Å². The van der Waals surface area contributed by atoms with E-state index in [0.29, 0.717) is 5.92 Å². The summed E-state index contributed by atoms with van der Waals surface area (Å²) in [6.45, 7) is 19.8. The molecule has 1 aliphatic heterocycles. The fourth-order valence-corrected chi connectivity index (χ4v) is 6.50. The molecule has 0 amide bonds. The van der Waals surface area contributed by atoms with E-state index in [2.05, 4.69) is 63.6 Å². The summed E-state index contributed by atoms with van der Waals surface area (Å²) >= 11 is 0. The molecule has 8 heteroatoms. The first-order valence-electron chi connectivity index (χ1n) is 17.2. The summed E-state index contributed by atoms with van der Waals surface area (Å²) in [5, 5.41) is 17.5. The number of benzene rings is 1. The highest BCUT2D eigenvalue weighted by atomic mass is 19.1. The molecule has 1 aliphatic rings. The summed E-state index contributed by atoms with van der Waals surface area (Å²) in [6.07, 6.45) is 16.8. The lowest BCUT2D eigenvalue weighted by Gasteiger charge is -2.24. The number of piperidine rings is 1. The maximum absolute atomic E-state index is 14.8. The Bertz CT molecular complexity index is 2000. The van der Waals surface area contributed by atoms with Crippen LogP contribution in [0.4, 0.5) is 4.39 Å². The van der Waals surface area contributed by atoms with Gasteiger partial charge in [-0.1, -0.05) is 31.9 Å². The number of halogens is 1. The molecule has 0 bridgehead atoms. The highest BCUT2D eigenvalue weighted by Crippen LogP contribution is 2.31. The maximum Gasteiger partial charge on any atom is 0.124 e. The molecule has 7 nitrogen and oxygen atoms in total. The van der Waals surface area contributed by atoms with Gasteiger partial charge in [0.1, 0.15) is 11.5 Å². The molecule has 49 heavy (non-hydrogen) atoms. The number of pyridine rings is 1. The number of nitrogens with zero attached hydrogens (tertiary/aromatic N) is 3. The van der Waals surface area contributed by atoms with Crippen molar-refractivity contribution in [2.24, 2.45) is 5.92 Å². The van der Waals surface area contributed by atoms with E-state index in [4.69, 9.17) is 10.1 Å². The highest BCUT2D eigenvalue weighted by molar-refractivity contribution is 5.96. The molecule has 0 saturated carbocycles. The predicted molar refractivity (Wildman–Crippen MR) is 203 cm³/mol. The zero-order chi connectivity index (χ0) is 34.9. The Labute approximate surface area is 289 Å². The van der Waals surface area contributed by atoms with E-state index < -0.39 is 0 Å². The van der Waals surface area contributed by atoms with Crippen molar-refractivity contribution >= 4 is 23.1 Å². The molecule has 4 heterocycles. The fourth-order valence-electron chi connectivity index (χ4n) is 6.50. The number of H-pyrrole nitrogens is 2. The van der Waals surface area contributed by atoms with Gasteiger partial charge in [-0.2, -0.15) is 5.10 Å². The van der Waals surface area contributed by atoms with Gasteiger partial charge in [-0.25, -0.2) is 4.39 Å². The summed E-state index contributed by atoms with van der Waals surface area (Å²) in [6, 6.07) is 9.22. The van der Waals surface area contributed by atoms with Crippen molar-refractivity contribution in [3.8, 4) is 22.6 Å². The molecule has 0 aliphatic carbocycles. The van der Waals surface area contributed by atoms with E-state index in [9.17, 15) is 4.39 Å². The van der Waals surface area contributed by atoms with E-state index in [1.807, 2.05) is 58.3 Å². The molecule has 4 N–H and O–H groups in total. The molecular formula is C41H50FN7. The third kappa shape index (κ3) is 9.02. The van der Waals surface area contributed by atoms with Crippen LogP contribution in [0.5, 0.6) is 0 Å². The summed E-state index contributed by atoms with van der Waals surface area (Å²) < 4.78 is 14.8. The molecule has 256 valence electrons. The average Bonchev–Trinajstić information content (AvgIpc) is 3.70. The van der Waals surface area contributed by atoms with Crippen LogP contribution in [-0.2, 0) is 6.42 Å². The molecular weight excluding hydrogens is 609 g/mol. The Hall–Kier alpha value is -4.79. The Morgan fingerprint density at radius 1 is 1.10 bits per heavy atom. The van der Waals surface area contributed by atoms with Crippen LogP contribution in [0.15, 0.2) is 97.0 Å². The summed E-state index contributed by atoms with van der Waals surface area (Å²) in [7, 11) is 4.10. The van der Waals surface area contributed by atoms with Gasteiger partial charge in [-0.15, -0.1) is 0 Å². The number of aromatic amines is 2. The smallest absolute Gasteiger partial charge is 0.124 e. The van der Waals surface area contributed by atoms with Crippen LogP contribution in [-0.4, -0.2) is 58.8 Å². The lowest BCUT2D eigenvalue weighted by atomic mass is 9.93. The van der Waals surface area contributed by atoms with Crippen molar-refractivity contribution in [1.82, 2.24) is 35.7 Å². The zero-order valence-electron chi connectivity index (χ0n) is 29.4. The molecule has 0 unspecified atom stereocenters. The molecule has 1 fully saturated rings. The third-order valence-electron chi connectivity index (χ3n) is 9.07. The van der Waals surface area contributed by atoms with Crippen molar-refractivity contribution in [3.63, 3.8) is 0 Å². The number of aryl methyl sites for hydroxylation is 1. The van der Waals surface area contributed by atoms with Gasteiger partial charge in [0.25, 0.3) is 0 Å². The number of nitrogens with one attached hydrogen (secondary N) is 4. The second-order valence-electron chi connectivity index (χ2n) is 13.1. The topological polar surface area (TPSA) is 84.7 Å². The lowest BCUT2D eigenvalue weighted by Crippen LogP contribution is -2.28. The minimum absolute atomic E-state index is 0.257. The highest BCUT2D eigenvalue weighted by Gasteiger charge is 2.16. The van der Waals surface area contributed by atoms with Gasteiger partial charge >= 0.3 is 0 Å². The minimum Gasteiger partial charge on any atom is -0.359 e. The Morgan fingerprint density at radius 2 is 1.90 bits per heavy atom. The normalized spacial score (nSPS) is 15.4. The van der Waals surface area contributed by atoms with Gasteiger partial charge in [0.05, 0.1) is 16.7 Å². The van der Waals surface area contributed by atoms with Crippen LogP contribution >= 0.6 is 0 Å². The van der Waals surface area contributed by atoms with Crippen molar-refractivity contribution in [2.45, 2.75) is 46.0 Å². The molecule has 0 spiro atoms. The largest absolute Gasteiger partial charge is 0.359 e. The quantitative estimate of drug-likeness (QED) is 0.111. The second-order valence-corrected chi connectivity index (χ2v) is 13.1. The SMILES string of the molecule is C=C/C(=C\C(=C/C)C(=C)/C=c1/c(-c2cc3c(-c4cc(F)cc(CCCN(C)C)c4)nccc3[nH]2)n[nH]/c1=C/C)NC(=C)CC1CCNCC1. The van der Waals surface area contributed by atoms with Crippen LogP contribution in [0.1, 0.15) is 45.1 Å². The molecule has 4 aromatic rings. The molecule has 1 saturated heterocycles. The van der Waals surface area contributed by atoms with E-state index in [1.54, 1.807) is 18.3 Å². The summed E-state index contributed by atoms with van der Waals surface area (Å²) in [5.41, 5.74) is 8.61. The van der Waals surface area contributed by atoms with Gasteiger partial charge in [0, 0.05) is 39.3 Å². The zero-order valence-corrected chi connectivity index (χ0v) is 29.4. The van der Waals surface area contributed by atoms with Crippen LogP contribution in [0.3, 0.4) is 0 Å². The lowest BCUT2D eigenvalue weighted by molar-refractivity contribution is 0.368. The number of hydrogen-bond donors (Lipinski definition) is 4. The Balaban J connectivity index is 1.44. The van der Waals surface area contributed by atoms with Crippen molar-refractivity contribution < 1.29 is 4.39 Å². The van der Waals surface area contributed by atoms with E-state index in [1.165, 1.54) is 12.8 Å². The van der Waals surface area contributed by atoms with Gasteiger partial charge in [-0.3, -0.25) is 10.1 Å². The monoisotopic (exact) mass is 659 g/mol. The van der Waals surface area contributed by atoms with E-state index in [0.717, 1.165) is 111 Å². The maximum atomic E-state index is 14.8. The number of hydrogen-bond acceptors (Lipinski definition) is 5. The number of allylic oxidation sites excluding steroid dienone is 6. The Morgan fingerprint density at radius 3 is 2.61 bits per heavy atom. The first-order chi connectivity index (χ1) is 23.7. The molecule has 3 aromatic heterocycles. The van der Waals surface area contributed by atoms with Crippen LogP contribution < -0.4 is 21.2 Å². The van der Waals surface area contributed by atoms with Crippen molar-refractivity contribution in [2.75, 3.05) is 33.7 Å². The predicted octanol–water partition coefficient (Wildman–Crippen LogP) is 6.90. The van der Waals surface area contributed by atoms with Gasteiger partial charge < -0.3 is 20.5 Å². The van der Waals surface area contributed by atoms with Crippen molar-refractivity contribution in [1.29, 1.82) is 0 Å². The van der Waals surface area contributed by atoms with Gasteiger partial charge in [0.15, 0.2) is 0 Å². The van der Waals surface area contributed by atoms with Crippen LogP contribution in [0.2, 0.25) is 0 Å². The third-order valence-corrected chi connectivity index (χ3v) is 9.07. The second kappa shape index (κ2) is 16.5. The first kappa shape index (κ1) is 35.5. The standard InChI is InChI=1S/C41H50FN7/c1-8-31(25-34(9-2)45-28(5)21-29-13-16-43-17-14-29)27(4)20-35-37(10-3)47-48-41(35)39-26-36-38(46-39)15-18-44-40(36)32-22-30(23-33(42)24-32)12-11-19-49(6)7/h8-10,15,18,20,22-26,29,43,45-47H,2,4-5,11-14,16-17,19,21H2,1,3,6-7H3/b31-8+,34-25+,35-20+,37-10+. The molecule has 5 rings (SSSR count). The van der Waals surface area contributed by atoms with Crippen LogP contribution in [0.25, 0.3) is 45.7 Å². The van der Waals surface area contributed by atoms with Crippen molar-refractivity contribution in [3.05, 3.63) is 119 Å². The minimum atomic E-state index is -0.257. The molecule has 0 atom stereocenters. The van der Waals surface area contributed by atoms with E-state index in [-0.39, 0.29) is 5.82 Å². The number of rotatable bonds is 14. The Kier molecular flexibility index (Phi) is 12.0. The van der Waals surface area contributed by atoms with Crippen LogP contribution in [0, 0.1) is 11.7 Å². The fraction of sp³-hybridized carbons (Fsp3) is 0.317. The van der Waals surface area contributed by atoms with Gasteiger partial charge in [0.2, 0.25) is 0 Å². The number of fused-ring (bicyclic) bond motifs is 1. The summed E-state index contributed by atoms with van der Waals surface area (Å²) in [5.74, 6) is 0.383. The average molecular weight is 660 g/mol.